The van der Waals surface area contributed by atoms with Crippen LogP contribution in [0.5, 0.6) is 28.7 Å². The number of nitrogens with one attached hydrogen (secondary N) is 1. The molecule has 0 bridgehead atoms. The first-order chi connectivity index (χ1) is 14.0. The molecule has 0 radical (unpaired) electrons. The monoisotopic (exact) mass is 405 g/mol. The van der Waals surface area contributed by atoms with Crippen molar-refractivity contribution in [1.82, 2.24) is 5.32 Å². The zero-order chi connectivity index (χ0) is 21.2. The molecule has 1 atom stereocenters. The van der Waals surface area contributed by atoms with Crippen LogP contribution >= 0.6 is 0 Å². The summed E-state index contributed by atoms with van der Waals surface area (Å²) in [6, 6.07) is 6.15. The number of benzene rings is 2. The highest BCUT2D eigenvalue weighted by atomic mass is 16.7. The van der Waals surface area contributed by atoms with E-state index in [4.69, 9.17) is 23.7 Å². The Morgan fingerprint density at radius 2 is 1.55 bits per heavy atom. The smallest absolute Gasteiger partial charge is 0.218 e. The molecule has 8 nitrogen and oxygen atoms in total. The standard InChI is InChI=1S/C21H27NO7/c1-25-17-7-6-14(18(26-2)19(17)27-3)21(28-4,29-5)20-13-11-16(24)15(23)10-12(13)8-9-22-20/h6-7,10-11,20,22-24H,8-9H2,1-5H3. The van der Waals surface area contributed by atoms with E-state index in [9.17, 15) is 10.2 Å². The summed E-state index contributed by atoms with van der Waals surface area (Å²) in [5, 5.41) is 23.4. The zero-order valence-electron chi connectivity index (χ0n) is 17.2. The lowest BCUT2D eigenvalue weighted by Gasteiger charge is -2.42. The number of rotatable bonds is 7. The molecule has 0 saturated heterocycles. The van der Waals surface area contributed by atoms with Gasteiger partial charge in [-0.15, -0.1) is 0 Å². The van der Waals surface area contributed by atoms with Crippen LogP contribution in [0.2, 0.25) is 0 Å². The van der Waals surface area contributed by atoms with Crippen molar-refractivity contribution in [3.8, 4) is 28.7 Å². The molecule has 0 amide bonds. The average molecular weight is 405 g/mol. The fourth-order valence-electron chi connectivity index (χ4n) is 3.99. The molecular formula is C21H27NO7. The molecule has 1 aliphatic rings. The third-order valence-corrected chi connectivity index (χ3v) is 5.36. The van der Waals surface area contributed by atoms with Crippen molar-refractivity contribution >= 4 is 0 Å². The predicted molar refractivity (Wildman–Crippen MR) is 106 cm³/mol. The van der Waals surface area contributed by atoms with E-state index in [1.807, 2.05) is 0 Å². The molecule has 158 valence electrons. The fraction of sp³-hybridized carbons (Fsp3) is 0.429. The van der Waals surface area contributed by atoms with Gasteiger partial charge in [0, 0.05) is 14.2 Å². The van der Waals surface area contributed by atoms with Crippen molar-refractivity contribution in [3.63, 3.8) is 0 Å². The van der Waals surface area contributed by atoms with Crippen LogP contribution in [0.15, 0.2) is 24.3 Å². The largest absolute Gasteiger partial charge is 0.504 e. The Morgan fingerprint density at radius 3 is 2.14 bits per heavy atom. The topological polar surface area (TPSA) is 98.6 Å². The summed E-state index contributed by atoms with van der Waals surface area (Å²) in [6.45, 7) is 0.631. The lowest BCUT2D eigenvalue weighted by Crippen LogP contribution is -2.47. The highest BCUT2D eigenvalue weighted by Gasteiger charge is 2.47. The maximum absolute atomic E-state index is 10.1. The molecule has 2 aromatic carbocycles. The Bertz CT molecular complexity index is 880. The summed E-state index contributed by atoms with van der Waals surface area (Å²) in [4.78, 5) is 0. The molecule has 0 fully saturated rings. The zero-order valence-corrected chi connectivity index (χ0v) is 17.2. The van der Waals surface area contributed by atoms with Gasteiger partial charge in [-0.1, -0.05) is 0 Å². The highest BCUT2D eigenvalue weighted by molar-refractivity contribution is 5.58. The van der Waals surface area contributed by atoms with E-state index in [1.165, 1.54) is 34.5 Å². The van der Waals surface area contributed by atoms with Crippen LogP contribution in [0.4, 0.5) is 0 Å². The molecule has 29 heavy (non-hydrogen) atoms. The van der Waals surface area contributed by atoms with Gasteiger partial charge in [-0.25, -0.2) is 0 Å². The summed E-state index contributed by atoms with van der Waals surface area (Å²) in [5.41, 5.74) is 2.23. The third-order valence-electron chi connectivity index (χ3n) is 5.36. The van der Waals surface area contributed by atoms with Gasteiger partial charge in [0.2, 0.25) is 11.5 Å². The third kappa shape index (κ3) is 3.33. The molecule has 0 aliphatic carbocycles. The Morgan fingerprint density at radius 1 is 0.897 bits per heavy atom. The van der Waals surface area contributed by atoms with E-state index < -0.39 is 11.8 Å². The van der Waals surface area contributed by atoms with Crippen LogP contribution in [0.1, 0.15) is 22.7 Å². The first-order valence-corrected chi connectivity index (χ1v) is 9.15. The molecule has 2 aromatic rings. The molecule has 3 N–H and O–H groups in total. The Labute approximate surface area is 169 Å². The van der Waals surface area contributed by atoms with Gasteiger partial charge in [-0.3, -0.25) is 0 Å². The van der Waals surface area contributed by atoms with Gasteiger partial charge in [0.15, 0.2) is 23.0 Å². The molecule has 0 spiro atoms. The number of aromatic hydroxyl groups is 2. The van der Waals surface area contributed by atoms with Crippen LogP contribution < -0.4 is 19.5 Å². The van der Waals surface area contributed by atoms with Gasteiger partial charge in [0.25, 0.3) is 0 Å². The molecule has 0 aromatic heterocycles. The molecule has 3 rings (SSSR count). The van der Waals surface area contributed by atoms with Crippen molar-refractivity contribution in [2.75, 3.05) is 42.1 Å². The van der Waals surface area contributed by atoms with E-state index in [-0.39, 0.29) is 11.5 Å². The average Bonchev–Trinajstić information content (AvgIpc) is 2.75. The quantitative estimate of drug-likeness (QED) is 0.477. The van der Waals surface area contributed by atoms with E-state index in [2.05, 4.69) is 5.32 Å². The first-order valence-electron chi connectivity index (χ1n) is 9.15. The van der Waals surface area contributed by atoms with E-state index in [0.29, 0.717) is 35.8 Å². The first kappa shape index (κ1) is 21.0. The van der Waals surface area contributed by atoms with Crippen molar-refractivity contribution in [3.05, 3.63) is 41.0 Å². The van der Waals surface area contributed by atoms with Gasteiger partial charge < -0.3 is 39.2 Å². The van der Waals surface area contributed by atoms with E-state index in [1.54, 1.807) is 25.3 Å². The Balaban J connectivity index is 2.25. The minimum absolute atomic E-state index is 0.159. The van der Waals surface area contributed by atoms with Crippen molar-refractivity contribution in [2.45, 2.75) is 18.2 Å². The normalized spacial score (nSPS) is 16.2. The van der Waals surface area contributed by atoms with Crippen LogP contribution in [0.3, 0.4) is 0 Å². The second-order valence-electron chi connectivity index (χ2n) is 6.63. The highest BCUT2D eigenvalue weighted by Crippen LogP contribution is 2.51. The maximum atomic E-state index is 10.1. The molecule has 1 unspecified atom stereocenters. The number of phenolic OH excluding ortho intramolecular Hbond substituents is 2. The van der Waals surface area contributed by atoms with Crippen LogP contribution in [0, 0.1) is 0 Å². The van der Waals surface area contributed by atoms with Gasteiger partial charge in [0.1, 0.15) is 0 Å². The molecule has 0 saturated carbocycles. The van der Waals surface area contributed by atoms with Crippen LogP contribution in [0.25, 0.3) is 0 Å². The second kappa shape index (κ2) is 8.36. The maximum Gasteiger partial charge on any atom is 0.218 e. The number of hydrogen-bond acceptors (Lipinski definition) is 8. The second-order valence-corrected chi connectivity index (χ2v) is 6.63. The lowest BCUT2D eigenvalue weighted by atomic mass is 9.84. The minimum atomic E-state index is -1.32. The van der Waals surface area contributed by atoms with Gasteiger partial charge in [0.05, 0.1) is 32.9 Å². The number of hydrogen-bond donors (Lipinski definition) is 3. The van der Waals surface area contributed by atoms with E-state index in [0.717, 1.165) is 11.1 Å². The molecule has 1 aliphatic heterocycles. The Hall–Kier alpha value is -2.68. The Kier molecular flexibility index (Phi) is 6.07. The van der Waals surface area contributed by atoms with Crippen molar-refractivity contribution in [1.29, 1.82) is 0 Å². The number of fused-ring (bicyclic) bond motifs is 1. The molecule has 1 heterocycles. The minimum Gasteiger partial charge on any atom is -0.504 e. The van der Waals surface area contributed by atoms with Gasteiger partial charge in [-0.05, 0) is 48.4 Å². The van der Waals surface area contributed by atoms with Crippen LogP contribution in [-0.2, 0) is 21.7 Å². The molecule has 8 heteroatoms. The summed E-state index contributed by atoms with van der Waals surface area (Å²) in [6.07, 6.45) is 0.687. The SMILES string of the molecule is COc1ccc(C(OC)(OC)C2NCCc3cc(O)c(O)cc32)c(OC)c1OC. The van der Waals surface area contributed by atoms with Gasteiger partial charge in [-0.2, -0.15) is 0 Å². The number of ether oxygens (including phenoxy) is 5. The van der Waals surface area contributed by atoms with E-state index >= 15 is 0 Å². The summed E-state index contributed by atoms with van der Waals surface area (Å²) in [5.74, 6) is -0.355. The number of phenols is 2. The summed E-state index contributed by atoms with van der Waals surface area (Å²) in [7, 11) is 7.68. The lowest BCUT2D eigenvalue weighted by molar-refractivity contribution is -0.238. The van der Waals surface area contributed by atoms with Crippen molar-refractivity contribution < 1.29 is 33.9 Å². The number of methoxy groups -OCH3 is 5. The summed E-state index contributed by atoms with van der Waals surface area (Å²) >= 11 is 0. The van der Waals surface area contributed by atoms with Crippen LogP contribution in [-0.4, -0.2) is 52.3 Å². The molecular weight excluding hydrogens is 378 g/mol. The predicted octanol–water partition coefficient (Wildman–Crippen LogP) is 2.46. The fourth-order valence-corrected chi connectivity index (χ4v) is 3.99. The van der Waals surface area contributed by atoms with Crippen molar-refractivity contribution in [2.24, 2.45) is 0 Å². The summed E-state index contributed by atoms with van der Waals surface area (Å²) < 4.78 is 28.5. The van der Waals surface area contributed by atoms with Gasteiger partial charge >= 0.3 is 0 Å².